The number of thioether (sulfide) groups is 2. The first-order valence-electron chi connectivity index (χ1n) is 34.5. The van der Waals surface area contributed by atoms with Gasteiger partial charge in [0.1, 0.15) is 18.1 Å². The summed E-state index contributed by atoms with van der Waals surface area (Å²) in [6, 6.07) is -3.01. The van der Waals surface area contributed by atoms with Gasteiger partial charge in [-0.05, 0) is 70.6 Å². The molecule has 99 heavy (non-hydrogen) atoms. The first kappa shape index (κ1) is 82.3. The van der Waals surface area contributed by atoms with Crippen LogP contribution in [0.15, 0.2) is 0 Å². The van der Waals surface area contributed by atoms with E-state index in [1.165, 1.54) is 0 Å². The number of amides is 12. The Labute approximate surface area is 585 Å². The Morgan fingerprint density at radius 1 is 0.455 bits per heavy atom. The van der Waals surface area contributed by atoms with Gasteiger partial charge in [-0.3, -0.25) is 77.2 Å². The van der Waals surface area contributed by atoms with Crippen LogP contribution in [-0.2, 0) is 57.5 Å². The molecule has 0 aromatic rings. The number of urea groups is 2. The summed E-state index contributed by atoms with van der Waals surface area (Å²) in [4.78, 5) is 184. The van der Waals surface area contributed by atoms with Crippen molar-refractivity contribution < 1.29 is 87.5 Å². The molecule has 37 heteroatoms. The molecule has 5 saturated heterocycles. The van der Waals surface area contributed by atoms with Crippen molar-refractivity contribution in [2.24, 2.45) is 0 Å². The van der Waals surface area contributed by atoms with Crippen LogP contribution in [0.3, 0.4) is 0 Å². The molecule has 0 aliphatic carbocycles. The SMILES string of the molecule is CCC(NC(=O)CCCCC1SCC2NC(=O)NC21)C(=O)NCC(=O)NCCCN(CCCNC(=O)CNC(=O)C(CC)NC(=O)CCCCC1SCC2NC(=O)NC21)CC(=O)NC(CCCCNC(=O)CN1CCN(CC(=O)O)CCN(CC(=O)O)CCN(CC(=O)O)CC1)C(=O)O. The Kier molecular flexibility index (Phi) is 37.2. The van der Waals surface area contributed by atoms with E-state index >= 15 is 0 Å². The van der Waals surface area contributed by atoms with Crippen LogP contribution < -0.4 is 63.8 Å². The number of carboxylic acids is 4. The van der Waals surface area contributed by atoms with Crippen molar-refractivity contribution in [2.45, 2.75) is 163 Å². The van der Waals surface area contributed by atoms with Crippen molar-refractivity contribution in [3.05, 3.63) is 0 Å². The number of aliphatic carboxylic acids is 4. The molecule has 558 valence electrons. The third kappa shape index (κ3) is 32.3. The molecule has 5 aliphatic heterocycles. The van der Waals surface area contributed by atoms with Crippen LogP contribution in [0.1, 0.15) is 110 Å². The van der Waals surface area contributed by atoms with E-state index in [0.29, 0.717) is 32.1 Å². The van der Waals surface area contributed by atoms with E-state index < -0.39 is 71.5 Å². The number of rotatable bonds is 45. The number of hydrogen-bond donors (Lipinski definition) is 16. The summed E-state index contributed by atoms with van der Waals surface area (Å²) in [5.41, 5.74) is 0. The van der Waals surface area contributed by atoms with Crippen LogP contribution in [0, 0.1) is 0 Å². The zero-order chi connectivity index (χ0) is 72.2. The molecule has 35 nitrogen and oxygen atoms in total. The molecule has 0 radical (unpaired) electrons. The average molecular weight is 1440 g/mol. The average Bonchev–Trinajstić information content (AvgIpc) is 1.68. The summed E-state index contributed by atoms with van der Waals surface area (Å²) >= 11 is 3.59. The van der Waals surface area contributed by atoms with Gasteiger partial charge in [-0.15, -0.1) is 0 Å². The van der Waals surface area contributed by atoms with Gasteiger partial charge >= 0.3 is 35.9 Å². The molecule has 9 atom stereocenters. The van der Waals surface area contributed by atoms with E-state index in [9.17, 15) is 87.5 Å². The van der Waals surface area contributed by atoms with Gasteiger partial charge in [-0.1, -0.05) is 26.7 Å². The molecule has 16 N–H and O–H groups in total. The number of carbonyl (C=O) groups excluding carboxylic acids is 10. The highest BCUT2D eigenvalue weighted by atomic mass is 32.2. The summed E-state index contributed by atoms with van der Waals surface area (Å²) in [6.45, 7) is 3.91. The number of hydrogen-bond acceptors (Lipinski definition) is 21. The summed E-state index contributed by atoms with van der Waals surface area (Å²) < 4.78 is 0. The number of unbranched alkanes of at least 4 members (excludes halogenated alkanes) is 3. The third-order valence-corrected chi connectivity index (χ3v) is 20.7. The van der Waals surface area contributed by atoms with Gasteiger partial charge in [-0.25, -0.2) is 14.4 Å². The van der Waals surface area contributed by atoms with Gasteiger partial charge in [-0.2, -0.15) is 23.5 Å². The minimum atomic E-state index is -1.31. The molecule has 0 bridgehead atoms. The highest BCUT2D eigenvalue weighted by Gasteiger charge is 2.44. The first-order valence-corrected chi connectivity index (χ1v) is 36.6. The molecule has 5 aliphatic rings. The highest BCUT2D eigenvalue weighted by Crippen LogP contribution is 2.34. The molecule has 9 unspecified atom stereocenters. The van der Waals surface area contributed by atoms with Crippen LogP contribution >= 0.6 is 23.5 Å². The monoisotopic (exact) mass is 1440 g/mol. The normalized spacial score (nSPS) is 21.4. The van der Waals surface area contributed by atoms with E-state index in [-0.39, 0.29) is 234 Å². The van der Waals surface area contributed by atoms with Gasteiger partial charge in [0.15, 0.2) is 0 Å². The number of carboxylic acid groups (broad SMARTS) is 4. The molecule has 0 spiro atoms. The standard InChI is InChI=1S/C62H105N17O18S2/c1-3-40(68-47(80)16-7-5-14-45-56-43(38-98-45)71-61(96)73-56)58(92)66-31-49(82)63-19-11-21-75(22-12-20-64-50(83)32-67-59(93)41(4-2)69-48(81)17-8-6-15-46-57-44(39-99-46)72-62(97)74-57)34-52(85)70-42(60(94)95)13-9-10-18-65-51(84)33-76-23-25-77(35-53(86)87)27-29-79(37-55(90)91)30-28-78(26-24-76)36-54(88)89/h40-46,56-57H,3-39H2,1-2H3,(H,63,82)(H,64,83)(H,65,84)(H,66,92)(H,67,93)(H,68,80)(H,69,81)(H,70,85)(H,86,87)(H,88,89)(H,90,91)(H,94,95)(H2,71,73,96)(H2,72,74,97). The molecule has 12 amide bonds. The van der Waals surface area contributed by atoms with Crippen molar-refractivity contribution in [1.82, 2.24) is 88.3 Å². The summed E-state index contributed by atoms with van der Waals surface area (Å²) in [5.74, 6) is -6.58. The second kappa shape index (κ2) is 44.7. The number of nitrogens with one attached hydrogen (secondary N) is 12. The van der Waals surface area contributed by atoms with Crippen molar-refractivity contribution in [2.75, 3.05) is 142 Å². The minimum absolute atomic E-state index is 0.00134. The van der Waals surface area contributed by atoms with Crippen molar-refractivity contribution in [1.29, 1.82) is 0 Å². The molecular formula is C62H105N17O18S2. The Balaban J connectivity index is 1.06. The maximum absolute atomic E-state index is 13.6. The molecule has 5 heterocycles. The van der Waals surface area contributed by atoms with Gasteiger partial charge in [0, 0.05) is 120 Å². The Hall–Kier alpha value is -7.32. The summed E-state index contributed by atoms with van der Waals surface area (Å²) in [7, 11) is 0. The zero-order valence-corrected chi connectivity index (χ0v) is 58.5. The van der Waals surface area contributed by atoms with Gasteiger partial charge < -0.3 is 84.2 Å². The molecule has 5 rings (SSSR count). The summed E-state index contributed by atoms with van der Waals surface area (Å²) in [5, 5.41) is 72.4. The minimum Gasteiger partial charge on any atom is -0.480 e. The predicted octanol–water partition coefficient (Wildman–Crippen LogP) is -3.89. The van der Waals surface area contributed by atoms with E-state index in [1.807, 2.05) is 0 Å². The van der Waals surface area contributed by atoms with E-state index in [1.54, 1.807) is 61.9 Å². The zero-order valence-electron chi connectivity index (χ0n) is 56.9. The predicted molar refractivity (Wildman–Crippen MR) is 365 cm³/mol. The molecular weight excluding hydrogens is 1330 g/mol. The lowest BCUT2D eigenvalue weighted by atomic mass is 10.0. The molecule has 0 aromatic carbocycles. The van der Waals surface area contributed by atoms with Crippen molar-refractivity contribution in [3.8, 4) is 0 Å². The molecule has 0 aromatic heterocycles. The van der Waals surface area contributed by atoms with Crippen molar-refractivity contribution >= 4 is 107 Å². The Morgan fingerprint density at radius 3 is 1.23 bits per heavy atom. The van der Waals surface area contributed by atoms with Crippen LogP contribution in [-0.4, -0.2) is 323 Å². The quantitative estimate of drug-likeness (QED) is 0.0205. The van der Waals surface area contributed by atoms with Gasteiger partial charge in [0.05, 0.1) is 70.0 Å². The molecule has 5 fully saturated rings. The fraction of sp³-hybridized carbons (Fsp3) is 0.774. The maximum atomic E-state index is 13.6. The maximum Gasteiger partial charge on any atom is 0.326 e. The van der Waals surface area contributed by atoms with Crippen LogP contribution in [0.4, 0.5) is 9.59 Å². The van der Waals surface area contributed by atoms with Crippen LogP contribution in [0.25, 0.3) is 0 Å². The smallest absolute Gasteiger partial charge is 0.326 e. The van der Waals surface area contributed by atoms with Crippen LogP contribution in [0.2, 0.25) is 0 Å². The third-order valence-electron chi connectivity index (χ3n) is 17.7. The van der Waals surface area contributed by atoms with Crippen molar-refractivity contribution in [3.63, 3.8) is 0 Å². The van der Waals surface area contributed by atoms with E-state index in [0.717, 1.165) is 37.2 Å². The largest absolute Gasteiger partial charge is 0.480 e. The Bertz CT molecular complexity index is 2590. The lowest BCUT2D eigenvalue weighted by molar-refractivity contribution is -0.142. The first-order chi connectivity index (χ1) is 47.4. The second-order valence-electron chi connectivity index (χ2n) is 25.5. The topological polar surface area (TPSA) is 480 Å². The number of carbonyl (C=O) groups is 14. The fourth-order valence-corrected chi connectivity index (χ4v) is 15.4. The van der Waals surface area contributed by atoms with E-state index in [4.69, 9.17) is 0 Å². The number of fused-ring (bicyclic) bond motifs is 2. The van der Waals surface area contributed by atoms with Gasteiger partial charge in [0.25, 0.3) is 0 Å². The lowest BCUT2D eigenvalue weighted by Gasteiger charge is -2.32. The molecule has 0 saturated carbocycles. The van der Waals surface area contributed by atoms with E-state index in [2.05, 4.69) is 63.8 Å². The van der Waals surface area contributed by atoms with Gasteiger partial charge in [0.2, 0.25) is 47.3 Å². The highest BCUT2D eigenvalue weighted by molar-refractivity contribution is 8.00. The second-order valence-corrected chi connectivity index (χ2v) is 28.0. The fourth-order valence-electron chi connectivity index (χ4n) is 12.3. The lowest BCUT2D eigenvalue weighted by Crippen LogP contribution is -2.49. The summed E-state index contributed by atoms with van der Waals surface area (Å²) in [6.07, 6.45) is 6.57. The Morgan fingerprint density at radius 2 is 0.838 bits per heavy atom. The number of nitrogens with zero attached hydrogens (tertiary/aromatic N) is 5. The van der Waals surface area contributed by atoms with Crippen LogP contribution in [0.5, 0.6) is 0 Å².